The van der Waals surface area contributed by atoms with Gasteiger partial charge in [-0.1, -0.05) is 31.9 Å². The second kappa shape index (κ2) is 4.45. The zero-order chi connectivity index (χ0) is 15.8. The van der Waals surface area contributed by atoms with Crippen LogP contribution in [0, 0.1) is 28.6 Å². The van der Waals surface area contributed by atoms with Crippen LogP contribution in [0.5, 0.6) is 0 Å². The summed E-state index contributed by atoms with van der Waals surface area (Å²) in [5.41, 5.74) is 0.895. The van der Waals surface area contributed by atoms with Crippen LogP contribution in [-0.4, -0.2) is 21.8 Å². The molecule has 122 valence electrons. The van der Waals surface area contributed by atoms with Crippen molar-refractivity contribution >= 4 is 5.78 Å². The third-order valence-corrected chi connectivity index (χ3v) is 7.82. The van der Waals surface area contributed by atoms with Crippen LogP contribution in [0.2, 0.25) is 0 Å². The molecule has 0 spiro atoms. The smallest absolute Gasteiger partial charge is 0.168 e. The van der Waals surface area contributed by atoms with E-state index >= 15 is 0 Å². The van der Waals surface area contributed by atoms with Crippen molar-refractivity contribution in [3.63, 3.8) is 0 Å². The normalized spacial score (nSPS) is 49.9. The van der Waals surface area contributed by atoms with Crippen LogP contribution < -0.4 is 0 Å². The predicted octanol–water partition coefficient (Wildman–Crippen LogP) is 3.20. The van der Waals surface area contributed by atoms with Crippen molar-refractivity contribution in [3.05, 3.63) is 11.6 Å². The lowest BCUT2D eigenvalue weighted by atomic mass is 9.47. The quantitative estimate of drug-likeness (QED) is 0.534. The first-order chi connectivity index (χ1) is 10.3. The minimum atomic E-state index is -1.67. The van der Waals surface area contributed by atoms with Gasteiger partial charge in [-0.2, -0.15) is 0 Å². The van der Waals surface area contributed by atoms with E-state index < -0.39 is 11.2 Å². The van der Waals surface area contributed by atoms with E-state index in [4.69, 9.17) is 0 Å². The molecule has 3 fully saturated rings. The molecule has 0 bridgehead atoms. The van der Waals surface area contributed by atoms with Gasteiger partial charge in [-0.3, -0.25) is 4.79 Å². The van der Waals surface area contributed by atoms with Gasteiger partial charge in [0.1, 0.15) is 5.78 Å². The summed E-state index contributed by atoms with van der Waals surface area (Å²) in [5, 5.41) is 20.9. The van der Waals surface area contributed by atoms with Gasteiger partial charge in [0.15, 0.2) is 5.79 Å². The summed E-state index contributed by atoms with van der Waals surface area (Å²) in [6, 6.07) is 0. The maximum absolute atomic E-state index is 13.1. The number of hydrogen-bond acceptors (Lipinski definition) is 3. The van der Waals surface area contributed by atoms with Gasteiger partial charge in [-0.05, 0) is 49.4 Å². The number of Topliss-reactive ketones (excluding diaryl/α,β-unsaturated/α-hetero) is 1. The number of aliphatic hydroxyl groups is 2. The number of carbonyl (C=O) groups excluding carboxylic acids is 1. The molecule has 3 heteroatoms. The molecule has 3 saturated carbocycles. The zero-order valence-corrected chi connectivity index (χ0v) is 13.8. The zero-order valence-electron chi connectivity index (χ0n) is 13.8. The number of ketones is 1. The van der Waals surface area contributed by atoms with Gasteiger partial charge in [0.05, 0.1) is 0 Å². The van der Waals surface area contributed by atoms with Gasteiger partial charge < -0.3 is 10.2 Å². The molecule has 0 aromatic rings. The molecule has 0 heterocycles. The van der Waals surface area contributed by atoms with E-state index in [-0.39, 0.29) is 23.0 Å². The van der Waals surface area contributed by atoms with Gasteiger partial charge in [0, 0.05) is 24.2 Å². The van der Waals surface area contributed by atoms with E-state index in [1.165, 1.54) is 18.4 Å². The Labute approximate surface area is 132 Å². The minimum Gasteiger partial charge on any atom is -0.365 e. The molecule has 4 rings (SSSR count). The first-order valence-electron chi connectivity index (χ1n) is 8.97. The molecule has 0 aliphatic heterocycles. The van der Waals surface area contributed by atoms with Crippen LogP contribution in [0.25, 0.3) is 0 Å². The van der Waals surface area contributed by atoms with Crippen molar-refractivity contribution < 1.29 is 15.0 Å². The molecule has 3 nitrogen and oxygen atoms in total. The van der Waals surface area contributed by atoms with Gasteiger partial charge in [-0.25, -0.2) is 0 Å². The topological polar surface area (TPSA) is 57.5 Å². The summed E-state index contributed by atoms with van der Waals surface area (Å²) in [7, 11) is 0. The fourth-order valence-electron chi connectivity index (χ4n) is 6.51. The highest BCUT2D eigenvalue weighted by atomic mass is 16.5. The third kappa shape index (κ3) is 1.67. The second-order valence-corrected chi connectivity index (χ2v) is 8.75. The van der Waals surface area contributed by atoms with Crippen molar-refractivity contribution in [1.29, 1.82) is 0 Å². The van der Waals surface area contributed by atoms with Crippen molar-refractivity contribution in [2.75, 3.05) is 0 Å². The highest BCUT2D eigenvalue weighted by molar-refractivity contribution is 5.85. The minimum absolute atomic E-state index is 0.0374. The molecular formula is C19H28O3. The maximum Gasteiger partial charge on any atom is 0.168 e. The first kappa shape index (κ1) is 14.9. The molecule has 5 atom stereocenters. The van der Waals surface area contributed by atoms with Crippen LogP contribution in [0.4, 0.5) is 0 Å². The number of allylic oxidation sites excluding steroid dienone is 2. The summed E-state index contributed by atoms with van der Waals surface area (Å²) < 4.78 is 0. The van der Waals surface area contributed by atoms with Crippen LogP contribution >= 0.6 is 0 Å². The highest BCUT2D eigenvalue weighted by Gasteiger charge is 2.65. The Kier molecular flexibility index (Phi) is 3.01. The Morgan fingerprint density at radius 3 is 2.73 bits per heavy atom. The lowest BCUT2D eigenvalue weighted by molar-refractivity contribution is -0.242. The molecule has 0 saturated heterocycles. The molecule has 4 aliphatic carbocycles. The van der Waals surface area contributed by atoms with E-state index in [1.54, 1.807) is 0 Å². The molecule has 4 aliphatic rings. The highest BCUT2D eigenvalue weighted by Crippen LogP contribution is 2.65. The average Bonchev–Trinajstić information content (AvgIpc) is 2.68. The van der Waals surface area contributed by atoms with E-state index in [0.717, 1.165) is 25.7 Å². The fourth-order valence-corrected chi connectivity index (χ4v) is 6.51. The Hall–Kier alpha value is -0.670. The summed E-state index contributed by atoms with van der Waals surface area (Å²) >= 11 is 0. The lowest BCUT2D eigenvalue weighted by Crippen LogP contribution is -2.57. The molecule has 22 heavy (non-hydrogen) atoms. The number of fused-ring (bicyclic) bond motifs is 5. The van der Waals surface area contributed by atoms with Crippen molar-refractivity contribution in [2.45, 2.75) is 71.0 Å². The van der Waals surface area contributed by atoms with E-state index in [0.29, 0.717) is 18.8 Å². The van der Waals surface area contributed by atoms with Crippen LogP contribution in [0.3, 0.4) is 0 Å². The number of hydrogen-bond donors (Lipinski definition) is 2. The van der Waals surface area contributed by atoms with E-state index in [9.17, 15) is 15.0 Å². The van der Waals surface area contributed by atoms with E-state index in [2.05, 4.69) is 13.0 Å². The van der Waals surface area contributed by atoms with Gasteiger partial charge in [-0.15, -0.1) is 0 Å². The fraction of sp³-hybridized carbons (Fsp3) is 0.842. The lowest BCUT2D eigenvalue weighted by Gasteiger charge is -2.56. The molecule has 0 aromatic carbocycles. The predicted molar refractivity (Wildman–Crippen MR) is 83.9 cm³/mol. The monoisotopic (exact) mass is 304 g/mol. The summed E-state index contributed by atoms with van der Waals surface area (Å²) in [4.78, 5) is 13.1. The Morgan fingerprint density at radius 2 is 1.95 bits per heavy atom. The number of rotatable bonds is 0. The van der Waals surface area contributed by atoms with Crippen LogP contribution in [0.15, 0.2) is 11.6 Å². The first-order valence-corrected chi connectivity index (χ1v) is 8.97. The van der Waals surface area contributed by atoms with Gasteiger partial charge in [0.2, 0.25) is 0 Å². The van der Waals surface area contributed by atoms with Crippen LogP contribution in [0.1, 0.15) is 65.2 Å². The standard InChI is InChI=1S/C19H28O3/c1-17-9-4-3-5-12(17)6-7-13-14-8-10-19(21,22)18(14,2)11-15(20)16(13)17/h6,13-14,16,21-22H,3-5,7-11H2,1-2H3/t13-,14-,16-,17-,18-/m0/s1. The number of carbonyl (C=O) groups is 1. The van der Waals surface area contributed by atoms with Gasteiger partial charge in [0.25, 0.3) is 0 Å². The molecule has 0 radical (unpaired) electrons. The summed E-state index contributed by atoms with van der Waals surface area (Å²) in [5.74, 6) is -0.704. The maximum atomic E-state index is 13.1. The molecule has 0 amide bonds. The van der Waals surface area contributed by atoms with Crippen LogP contribution in [-0.2, 0) is 4.79 Å². The van der Waals surface area contributed by atoms with Crippen molar-refractivity contribution in [2.24, 2.45) is 28.6 Å². The average molecular weight is 304 g/mol. The summed E-state index contributed by atoms with van der Waals surface area (Å²) in [6.07, 6.45) is 9.70. The Morgan fingerprint density at radius 1 is 1.18 bits per heavy atom. The van der Waals surface area contributed by atoms with Crippen molar-refractivity contribution in [1.82, 2.24) is 0 Å². The van der Waals surface area contributed by atoms with Gasteiger partial charge >= 0.3 is 0 Å². The third-order valence-electron chi connectivity index (χ3n) is 7.82. The van der Waals surface area contributed by atoms with E-state index in [1.807, 2.05) is 6.92 Å². The summed E-state index contributed by atoms with van der Waals surface area (Å²) in [6.45, 7) is 4.23. The largest absolute Gasteiger partial charge is 0.365 e. The van der Waals surface area contributed by atoms with Crippen molar-refractivity contribution in [3.8, 4) is 0 Å². The molecule has 2 N–H and O–H groups in total. The molecule has 0 unspecified atom stereocenters. The Balaban J connectivity index is 1.77. The SMILES string of the molecule is C[C@]12CCCCC1=CC[C@@H]1[C@H]2C(=O)C[C@@]2(C)[C@H]1CCC2(O)O. The second-order valence-electron chi connectivity index (χ2n) is 8.75. The Bertz CT molecular complexity index is 549. The molecule has 0 aromatic heterocycles. The molecular weight excluding hydrogens is 276 g/mol.